The molecule has 0 saturated heterocycles. The first kappa shape index (κ1) is 19.3. The number of benzene rings is 2. The molecule has 3 aromatic rings. The van der Waals surface area contributed by atoms with Gasteiger partial charge in [0.05, 0.1) is 23.9 Å². The number of amides is 1. The van der Waals surface area contributed by atoms with E-state index in [9.17, 15) is 9.59 Å². The van der Waals surface area contributed by atoms with Crippen molar-refractivity contribution in [2.75, 3.05) is 12.4 Å². The lowest BCUT2D eigenvalue weighted by atomic mass is 9.96. The molecular formula is C24H20N2O4. The van der Waals surface area contributed by atoms with Crippen molar-refractivity contribution in [1.82, 2.24) is 4.98 Å². The molecule has 1 aromatic heterocycles. The van der Waals surface area contributed by atoms with E-state index < -0.39 is 5.97 Å². The van der Waals surface area contributed by atoms with Crippen molar-refractivity contribution in [3.8, 4) is 5.75 Å². The van der Waals surface area contributed by atoms with E-state index in [1.165, 1.54) is 0 Å². The maximum absolute atomic E-state index is 12.7. The average Bonchev–Trinajstić information content (AvgIpc) is 3.32. The third kappa shape index (κ3) is 3.51. The second-order valence-corrected chi connectivity index (χ2v) is 6.95. The number of allylic oxidation sites excluding steroid dienone is 1. The number of anilines is 1. The molecule has 0 fully saturated rings. The lowest BCUT2D eigenvalue weighted by Crippen LogP contribution is -2.03. The molecule has 4 rings (SSSR count). The summed E-state index contributed by atoms with van der Waals surface area (Å²) in [6.45, 7) is 1.96. The average molecular weight is 400 g/mol. The van der Waals surface area contributed by atoms with Gasteiger partial charge >= 0.3 is 5.97 Å². The number of carboxylic acids is 1. The number of aromatic carboxylic acids is 1. The molecule has 6 nitrogen and oxygen atoms in total. The van der Waals surface area contributed by atoms with E-state index in [1.54, 1.807) is 49.7 Å². The van der Waals surface area contributed by atoms with Gasteiger partial charge in [-0.2, -0.15) is 0 Å². The summed E-state index contributed by atoms with van der Waals surface area (Å²) in [5.74, 6) is -0.472. The molecule has 2 aromatic carbocycles. The summed E-state index contributed by atoms with van der Waals surface area (Å²) in [5, 5.41) is 12.0. The van der Waals surface area contributed by atoms with E-state index in [4.69, 9.17) is 9.84 Å². The largest absolute Gasteiger partial charge is 0.495 e. The summed E-state index contributed by atoms with van der Waals surface area (Å²) >= 11 is 0. The SMILES string of the molecule is COc1cc[nH]c1C=C1C(=O)Nc2cccc(/C=C(\C)c3ccc(C(=O)O)cc3)c21. The molecule has 6 heteroatoms. The Balaban J connectivity index is 1.77. The highest BCUT2D eigenvalue weighted by Crippen LogP contribution is 2.38. The molecular weight excluding hydrogens is 380 g/mol. The quantitative estimate of drug-likeness (QED) is 0.425. The van der Waals surface area contributed by atoms with Gasteiger partial charge in [0.1, 0.15) is 5.75 Å². The van der Waals surface area contributed by atoms with Crippen molar-refractivity contribution in [2.45, 2.75) is 6.92 Å². The summed E-state index contributed by atoms with van der Waals surface area (Å²) in [6.07, 6.45) is 5.54. The summed E-state index contributed by atoms with van der Waals surface area (Å²) in [5.41, 5.74) is 5.83. The highest BCUT2D eigenvalue weighted by atomic mass is 16.5. The smallest absolute Gasteiger partial charge is 0.335 e. The Morgan fingerprint density at radius 3 is 2.50 bits per heavy atom. The van der Waals surface area contributed by atoms with Gasteiger partial charge in [0.2, 0.25) is 0 Å². The molecule has 30 heavy (non-hydrogen) atoms. The Bertz CT molecular complexity index is 1200. The molecule has 3 N–H and O–H groups in total. The fourth-order valence-corrected chi connectivity index (χ4v) is 3.53. The van der Waals surface area contributed by atoms with Crippen molar-refractivity contribution in [3.05, 3.63) is 82.7 Å². The summed E-state index contributed by atoms with van der Waals surface area (Å²) < 4.78 is 5.34. The molecule has 0 bridgehead atoms. The first-order valence-electron chi connectivity index (χ1n) is 9.37. The Kier molecular flexibility index (Phi) is 4.98. The fourth-order valence-electron chi connectivity index (χ4n) is 3.53. The molecule has 0 radical (unpaired) electrons. The molecule has 0 spiro atoms. The number of aromatic amines is 1. The third-order valence-corrected chi connectivity index (χ3v) is 5.07. The lowest BCUT2D eigenvalue weighted by molar-refractivity contribution is -0.110. The standard InChI is InChI=1S/C24H20N2O4/c1-14(15-6-8-16(9-7-15)24(28)29)12-17-4-3-5-19-22(17)18(23(27)26-19)13-20-21(30-2)10-11-25-20/h3-13,25H,1-2H3,(H,26,27)(H,28,29)/b14-12+,18-13?. The number of methoxy groups -OCH3 is 1. The second-order valence-electron chi connectivity index (χ2n) is 6.95. The number of aromatic nitrogens is 1. The van der Waals surface area contributed by atoms with Crippen LogP contribution in [0.1, 0.15) is 39.7 Å². The molecule has 150 valence electrons. The minimum atomic E-state index is -0.955. The monoisotopic (exact) mass is 400 g/mol. The minimum Gasteiger partial charge on any atom is -0.495 e. The maximum Gasteiger partial charge on any atom is 0.335 e. The number of nitrogens with one attached hydrogen (secondary N) is 2. The van der Waals surface area contributed by atoms with Crippen LogP contribution < -0.4 is 10.1 Å². The zero-order valence-corrected chi connectivity index (χ0v) is 16.5. The molecule has 0 saturated carbocycles. The van der Waals surface area contributed by atoms with Crippen LogP contribution in [0.4, 0.5) is 5.69 Å². The molecule has 0 aliphatic carbocycles. The van der Waals surface area contributed by atoms with Gasteiger partial charge in [-0.15, -0.1) is 0 Å². The van der Waals surface area contributed by atoms with E-state index in [0.717, 1.165) is 33.6 Å². The molecule has 1 aliphatic heterocycles. The van der Waals surface area contributed by atoms with E-state index >= 15 is 0 Å². The Hall–Kier alpha value is -4.06. The van der Waals surface area contributed by atoms with Crippen molar-refractivity contribution >= 4 is 40.9 Å². The number of hydrogen-bond acceptors (Lipinski definition) is 3. The van der Waals surface area contributed by atoms with Crippen molar-refractivity contribution in [1.29, 1.82) is 0 Å². The highest BCUT2D eigenvalue weighted by Gasteiger charge is 2.26. The minimum absolute atomic E-state index is 0.175. The number of carboxylic acid groups (broad SMARTS) is 1. The van der Waals surface area contributed by atoms with Gasteiger partial charge in [0.15, 0.2) is 0 Å². The van der Waals surface area contributed by atoms with Gasteiger partial charge in [-0.05, 0) is 54.0 Å². The van der Waals surface area contributed by atoms with E-state index in [2.05, 4.69) is 10.3 Å². The van der Waals surface area contributed by atoms with Crippen LogP contribution in [0, 0.1) is 0 Å². The Labute approximate surface area is 173 Å². The first-order chi connectivity index (χ1) is 14.5. The van der Waals surface area contributed by atoms with Crippen molar-refractivity contribution < 1.29 is 19.4 Å². The summed E-state index contributed by atoms with van der Waals surface area (Å²) in [6, 6.07) is 14.2. The van der Waals surface area contributed by atoms with Gasteiger partial charge in [-0.3, -0.25) is 4.79 Å². The zero-order valence-electron chi connectivity index (χ0n) is 16.5. The first-order valence-corrected chi connectivity index (χ1v) is 9.37. The van der Waals surface area contributed by atoms with Crippen molar-refractivity contribution in [2.24, 2.45) is 0 Å². The van der Waals surface area contributed by atoms with Gasteiger partial charge < -0.3 is 20.1 Å². The number of H-pyrrole nitrogens is 1. The van der Waals surface area contributed by atoms with Gasteiger partial charge in [0.25, 0.3) is 5.91 Å². The van der Waals surface area contributed by atoms with Gasteiger partial charge in [-0.1, -0.05) is 30.3 Å². The van der Waals surface area contributed by atoms with Gasteiger partial charge in [-0.25, -0.2) is 4.79 Å². The predicted octanol–water partition coefficient (Wildman–Crippen LogP) is 4.77. The summed E-state index contributed by atoms with van der Waals surface area (Å²) in [4.78, 5) is 26.8. The van der Waals surface area contributed by atoms with E-state index in [0.29, 0.717) is 11.3 Å². The van der Waals surface area contributed by atoms with E-state index in [1.807, 2.05) is 31.2 Å². The number of hydrogen-bond donors (Lipinski definition) is 3. The van der Waals surface area contributed by atoms with Crippen LogP contribution in [0.2, 0.25) is 0 Å². The molecule has 1 amide bonds. The van der Waals surface area contributed by atoms with Crippen LogP contribution in [0.25, 0.3) is 23.3 Å². The van der Waals surface area contributed by atoms with Crippen molar-refractivity contribution in [3.63, 3.8) is 0 Å². The Morgan fingerprint density at radius 2 is 1.80 bits per heavy atom. The second kappa shape index (κ2) is 7.75. The molecule has 0 unspecified atom stereocenters. The van der Waals surface area contributed by atoms with E-state index in [-0.39, 0.29) is 11.5 Å². The third-order valence-electron chi connectivity index (χ3n) is 5.07. The highest BCUT2D eigenvalue weighted by molar-refractivity contribution is 6.35. The van der Waals surface area contributed by atoms with Crippen LogP contribution in [0.3, 0.4) is 0 Å². The number of fused-ring (bicyclic) bond motifs is 1. The predicted molar refractivity (Wildman–Crippen MR) is 117 cm³/mol. The lowest BCUT2D eigenvalue weighted by Gasteiger charge is -2.08. The summed E-state index contributed by atoms with van der Waals surface area (Å²) in [7, 11) is 1.58. The van der Waals surface area contributed by atoms with Gasteiger partial charge in [0, 0.05) is 17.4 Å². The van der Waals surface area contributed by atoms with Crippen LogP contribution in [0.5, 0.6) is 5.75 Å². The molecule has 2 heterocycles. The molecule has 0 atom stereocenters. The molecule has 1 aliphatic rings. The zero-order chi connectivity index (χ0) is 21.3. The number of ether oxygens (including phenoxy) is 1. The number of carbonyl (C=O) groups is 2. The number of carbonyl (C=O) groups excluding carboxylic acids is 1. The fraction of sp³-hybridized carbons (Fsp3) is 0.0833. The maximum atomic E-state index is 12.7. The van der Waals surface area contributed by atoms with Crippen LogP contribution in [-0.4, -0.2) is 29.1 Å². The van der Waals surface area contributed by atoms with Crippen LogP contribution in [0.15, 0.2) is 54.7 Å². The van der Waals surface area contributed by atoms with Crippen LogP contribution in [-0.2, 0) is 4.79 Å². The Morgan fingerprint density at radius 1 is 1.07 bits per heavy atom. The topological polar surface area (TPSA) is 91.4 Å². The normalized spacial score (nSPS) is 14.5. The van der Waals surface area contributed by atoms with Crippen LogP contribution >= 0.6 is 0 Å². The number of rotatable bonds is 5.